The van der Waals surface area contributed by atoms with Crippen molar-refractivity contribution >= 4 is 130 Å². The first-order valence-electron chi connectivity index (χ1n) is 45.4. The highest BCUT2D eigenvalue weighted by Gasteiger charge is 2.48. The van der Waals surface area contributed by atoms with Crippen LogP contribution in [0, 0.1) is 17.8 Å². The van der Waals surface area contributed by atoms with Crippen LogP contribution in [0.5, 0.6) is 0 Å². The summed E-state index contributed by atoms with van der Waals surface area (Å²) in [6.45, 7) is 32.0. The van der Waals surface area contributed by atoms with E-state index in [0.717, 1.165) is 12.7 Å². The van der Waals surface area contributed by atoms with Gasteiger partial charge in [0.25, 0.3) is 0 Å². The molecule has 1 aromatic rings. The fourth-order valence-electron chi connectivity index (χ4n) is 13.7. The highest BCUT2D eigenvalue weighted by molar-refractivity contribution is 6.04. The fourth-order valence-corrected chi connectivity index (χ4v) is 13.7. The number of benzene rings is 1. The monoisotopic (exact) mass is 1920 g/mol. The number of carbonyl (C=O) groups excluding carboxylic acids is 22. The second kappa shape index (κ2) is 52.5. The van der Waals surface area contributed by atoms with Crippen LogP contribution in [0.4, 0.5) is 0 Å². The number of amides is 21. The topological polar surface area (TPSA) is 697 Å². The van der Waals surface area contributed by atoms with Crippen molar-refractivity contribution in [1.82, 2.24) is 101 Å². The largest absolute Gasteiger partial charge is 0.469 e. The molecule has 0 aromatic heterocycles. The summed E-state index contributed by atoms with van der Waals surface area (Å²) in [5.74, 6) is -20.9. The van der Waals surface area contributed by atoms with E-state index < -0.39 is 286 Å². The van der Waals surface area contributed by atoms with E-state index in [2.05, 4.69) is 95.7 Å². The molecule has 2 rings (SSSR count). The number of primary amides is 2. The van der Waals surface area contributed by atoms with Gasteiger partial charge in [0, 0.05) is 32.7 Å². The molecule has 1 aliphatic heterocycles. The quantitative estimate of drug-likeness (QED) is 0.0273. The molecule has 46 nitrogen and oxygen atoms in total. The van der Waals surface area contributed by atoms with Crippen molar-refractivity contribution in [2.75, 3.05) is 26.9 Å². The predicted octanol–water partition coefficient (Wildman–Crippen LogP) is -4.50. The van der Waals surface area contributed by atoms with Gasteiger partial charge >= 0.3 is 5.97 Å². The molecule has 0 saturated carbocycles. The molecule has 1 heterocycles. The lowest BCUT2D eigenvalue weighted by Gasteiger charge is -2.36. The van der Waals surface area contributed by atoms with E-state index in [-0.39, 0.29) is 70.3 Å². The van der Waals surface area contributed by atoms with Crippen molar-refractivity contribution < 1.29 is 120 Å². The van der Waals surface area contributed by atoms with E-state index in [4.69, 9.17) is 16.2 Å². The Morgan fingerprint density at radius 2 is 0.838 bits per heavy atom. The third kappa shape index (κ3) is 37.6. The average Bonchev–Trinajstić information content (AvgIpc) is 1.24. The number of esters is 1. The van der Waals surface area contributed by atoms with E-state index >= 15 is 0 Å². The Kier molecular flexibility index (Phi) is 46.2. The number of carbonyl (C=O) groups is 22. The van der Waals surface area contributed by atoms with Gasteiger partial charge in [-0.3, -0.25) is 105 Å². The number of ether oxygens (including phenoxy) is 1. The first-order chi connectivity index (χ1) is 62.6. The van der Waals surface area contributed by atoms with Crippen molar-refractivity contribution in [1.29, 1.82) is 0 Å². The van der Waals surface area contributed by atoms with Gasteiger partial charge in [0.15, 0.2) is 0 Å². The molecule has 24 N–H and O–H groups in total. The van der Waals surface area contributed by atoms with Gasteiger partial charge in [0.2, 0.25) is 124 Å². The zero-order valence-corrected chi connectivity index (χ0v) is 83.0. The Morgan fingerprint density at radius 1 is 0.419 bits per heavy atom. The molecule has 46 heteroatoms. The van der Waals surface area contributed by atoms with Gasteiger partial charge < -0.3 is 127 Å². The molecule has 0 aliphatic carbocycles. The minimum Gasteiger partial charge on any atom is -0.469 e. The highest BCUT2D eigenvalue weighted by Crippen LogP contribution is 2.25. The zero-order chi connectivity index (χ0) is 105. The molecule has 14 atom stereocenters. The second-order valence-electron chi connectivity index (χ2n) is 38.6. The lowest BCUT2D eigenvalue weighted by atomic mass is 9.93. The number of aliphatic hydroxyl groups is 2. The number of rotatable bonds is 55. The molecule has 1 unspecified atom stereocenters. The maximum absolute atomic E-state index is 14.7. The molecule has 136 heavy (non-hydrogen) atoms. The van der Waals surface area contributed by atoms with Gasteiger partial charge in [-0.15, -0.1) is 0 Å². The van der Waals surface area contributed by atoms with Crippen LogP contribution in [0.2, 0.25) is 0 Å². The van der Waals surface area contributed by atoms with E-state index in [1.807, 2.05) is 0 Å². The molecule has 21 amide bonds. The zero-order valence-electron chi connectivity index (χ0n) is 83.0. The third-order valence-corrected chi connectivity index (χ3v) is 22.9. The van der Waals surface area contributed by atoms with Crippen molar-refractivity contribution in [3.63, 3.8) is 0 Å². The second-order valence-corrected chi connectivity index (χ2v) is 38.6. The number of nitrogens with zero attached hydrogens (tertiary/aromatic N) is 1. The standard InChI is InChI=1S/C90H149N21O25/c1-26-48(7)65(75(127)98-56(37-40-63(117)136-25)70(122)97-55(35-38-61(91)115)69(121)96-54(44-112)43-53-32-29-28-30-33-53)103-79(131)85(14,15)108-76(128)64(47(5)6)102-74(126)60-34-31-41-111(60)83(135)89(22,23)107-73(125)58(42-46(3)4)99-71(123)59(45-113)100-67(119)50(9)95-78(130)86(16,17)109-80(132)87(18,19)106-72(124)57(36-39-62(92)116)101-82(134)90(24,27-2)110-81(133)88(20,21)105-68(120)51(10)93-66(118)49(8)94-77(129)84(12,13)104-52(11)114/h28-30,32-33,46-51,54-60,64-65,112-113H,26-27,31,34-45H2,1-25H3,(H2,91,115)(H2,92,116)(H,93,118)(H,94,129)(H,95,130)(H,96,121)(H,97,122)(H,98,127)(H,99,123)(H,100,119)(H,101,134)(H,102,126)(H,103,131)(H,104,114)(H,105,120)(H,106,124)(H,107,125)(H,108,128)(H,109,132)(H,110,133)/t48-,49-,50-,51-,54-,55-,56-,57-,58-,59-,60-,64-,65-,90?/m0/s1. The van der Waals surface area contributed by atoms with E-state index in [1.54, 1.807) is 71.9 Å². The van der Waals surface area contributed by atoms with Gasteiger partial charge in [0.1, 0.15) is 105 Å². The average molecular weight is 1930 g/mol. The van der Waals surface area contributed by atoms with Crippen LogP contribution in [0.25, 0.3) is 0 Å². The Bertz CT molecular complexity index is 4480. The molecule has 0 bridgehead atoms. The maximum Gasteiger partial charge on any atom is 0.305 e. The molecule has 1 fully saturated rings. The van der Waals surface area contributed by atoms with Crippen LogP contribution in [-0.4, -0.2) is 283 Å². The summed E-state index contributed by atoms with van der Waals surface area (Å²) in [6.07, 6.45) is -1.73. The summed E-state index contributed by atoms with van der Waals surface area (Å²) < 4.78 is 4.79. The number of nitrogens with two attached hydrogens (primary N) is 2. The molecule has 1 aromatic carbocycles. The van der Waals surface area contributed by atoms with Crippen molar-refractivity contribution in [2.24, 2.45) is 29.2 Å². The summed E-state index contributed by atoms with van der Waals surface area (Å²) >= 11 is 0. The van der Waals surface area contributed by atoms with Crippen molar-refractivity contribution in [3.8, 4) is 0 Å². The van der Waals surface area contributed by atoms with Gasteiger partial charge in [-0.25, -0.2) is 0 Å². The van der Waals surface area contributed by atoms with E-state index in [9.17, 15) is 116 Å². The first-order valence-corrected chi connectivity index (χ1v) is 45.4. The summed E-state index contributed by atoms with van der Waals surface area (Å²) in [5.41, 5.74) is -0.894. The number of hydrogen-bond donors (Lipinski definition) is 22. The summed E-state index contributed by atoms with van der Waals surface area (Å²) in [5, 5.41) is 66.3. The van der Waals surface area contributed by atoms with Crippen LogP contribution >= 0.6 is 0 Å². The van der Waals surface area contributed by atoms with E-state index in [1.165, 1.54) is 130 Å². The number of likely N-dealkylation sites (tertiary alicyclic amines) is 1. The molecule has 1 saturated heterocycles. The predicted molar refractivity (Wildman–Crippen MR) is 495 cm³/mol. The van der Waals surface area contributed by atoms with Gasteiger partial charge in [-0.2, -0.15) is 0 Å². The summed E-state index contributed by atoms with van der Waals surface area (Å²) in [4.78, 5) is 301. The highest BCUT2D eigenvalue weighted by atomic mass is 16.5. The maximum atomic E-state index is 14.7. The number of hydrogen-bond acceptors (Lipinski definition) is 25. The first kappa shape index (κ1) is 120. The van der Waals surface area contributed by atoms with Crippen LogP contribution in [0.15, 0.2) is 30.3 Å². The molecule has 0 spiro atoms. The minimum atomic E-state index is -1.94. The molecule has 764 valence electrons. The minimum absolute atomic E-state index is 0.00503. The van der Waals surface area contributed by atoms with Crippen molar-refractivity contribution in [3.05, 3.63) is 35.9 Å². The van der Waals surface area contributed by atoms with Crippen LogP contribution in [0.3, 0.4) is 0 Å². The summed E-state index contributed by atoms with van der Waals surface area (Å²) in [6, 6.07) is -7.79. The van der Waals surface area contributed by atoms with Gasteiger partial charge in [0.05, 0.1) is 26.4 Å². The van der Waals surface area contributed by atoms with Gasteiger partial charge in [-0.05, 0) is 185 Å². The smallest absolute Gasteiger partial charge is 0.305 e. The SMILES string of the molecule is CC[C@H](C)[C@H](NC(=O)C(C)(C)NC(=O)[C@@H](NC(=O)[C@@H]1CCCN1C(=O)C(C)(C)NC(=O)[C@H](CC(C)C)NC(=O)[C@H](CO)NC(=O)[C@H](C)NC(=O)C(C)(C)NC(=O)C(C)(C)NC(=O)[C@H](CCC(N)=O)NC(=O)C(C)(CC)NC(=O)C(C)(C)NC(=O)[C@H](C)NC(=O)[C@H](C)NC(=O)C(C)(C)NC(C)=O)C(C)C)C(=O)N[C@@H](CCC(=O)OC)C(=O)N[C@@H](CCC(N)=O)C(=O)N[C@H](CO)Cc1ccccc1. The van der Waals surface area contributed by atoms with Crippen LogP contribution < -0.4 is 107 Å². The lowest BCUT2D eigenvalue weighted by molar-refractivity contribution is -0.146. The third-order valence-electron chi connectivity index (χ3n) is 22.9. The molecular weight excluding hydrogens is 1780 g/mol. The van der Waals surface area contributed by atoms with Crippen LogP contribution in [-0.2, 0) is 117 Å². The molecular formula is C90H149N21O25. The Morgan fingerprint density at radius 3 is 1.32 bits per heavy atom. The lowest BCUT2D eigenvalue weighted by Crippen LogP contribution is -2.67. The van der Waals surface area contributed by atoms with E-state index in [0.29, 0.717) is 0 Å². The Hall–Kier alpha value is -12.5. The number of methoxy groups -OCH3 is 1. The Balaban J connectivity index is 2.24. The summed E-state index contributed by atoms with van der Waals surface area (Å²) in [7, 11) is 1.11. The van der Waals surface area contributed by atoms with Crippen LogP contribution in [0.1, 0.15) is 242 Å². The molecule has 1 aliphatic rings. The number of aliphatic hydroxyl groups excluding tert-OH is 2. The fraction of sp³-hybridized carbons (Fsp3) is 0.689. The molecule has 0 radical (unpaired) electrons. The van der Waals surface area contributed by atoms with Gasteiger partial charge in [-0.1, -0.05) is 85.2 Å². The van der Waals surface area contributed by atoms with Crippen molar-refractivity contribution in [2.45, 2.75) is 354 Å². The Labute approximate surface area is 794 Å². The number of nitrogens with one attached hydrogen (secondary N) is 18. The normalized spacial score (nSPS) is 16.0.